The Morgan fingerprint density at radius 1 is 1.59 bits per heavy atom. The number of nitrogens with one attached hydrogen (secondary N) is 1. The largest absolute Gasteiger partial charge is 0.468 e. The molecule has 92 valence electrons. The standard InChI is InChI=1S/C14H20N2O/c1-3-7-16(4-2)10-14-8-12(11-17-14)9-15-13-5-6-13/h1,8,11,13,15H,4-7,9-10H2,2H3. The highest BCUT2D eigenvalue weighted by atomic mass is 16.3. The van der Waals surface area contributed by atoms with Gasteiger partial charge in [0.05, 0.1) is 19.4 Å². The van der Waals surface area contributed by atoms with Gasteiger partial charge in [-0.1, -0.05) is 12.8 Å². The lowest BCUT2D eigenvalue weighted by molar-refractivity contribution is 0.285. The average molecular weight is 232 g/mol. The van der Waals surface area contributed by atoms with Gasteiger partial charge in [-0.3, -0.25) is 4.90 Å². The molecule has 1 saturated carbocycles. The van der Waals surface area contributed by atoms with Crippen molar-refractivity contribution >= 4 is 0 Å². The third kappa shape index (κ3) is 3.92. The van der Waals surface area contributed by atoms with Gasteiger partial charge in [0.15, 0.2) is 0 Å². The second-order valence-corrected chi connectivity index (χ2v) is 4.58. The Morgan fingerprint density at radius 3 is 3.06 bits per heavy atom. The summed E-state index contributed by atoms with van der Waals surface area (Å²) in [6.45, 7) is 5.43. The number of hydrogen-bond donors (Lipinski definition) is 1. The van der Waals surface area contributed by atoms with Gasteiger partial charge in [0.1, 0.15) is 5.76 Å². The zero-order valence-electron chi connectivity index (χ0n) is 10.4. The summed E-state index contributed by atoms with van der Waals surface area (Å²) in [5.41, 5.74) is 1.23. The molecule has 1 aliphatic carbocycles. The highest BCUT2D eigenvalue weighted by Gasteiger charge is 2.20. The molecular weight excluding hydrogens is 212 g/mol. The molecule has 3 heteroatoms. The quantitative estimate of drug-likeness (QED) is 0.729. The topological polar surface area (TPSA) is 28.4 Å². The van der Waals surface area contributed by atoms with E-state index in [4.69, 9.17) is 10.8 Å². The first-order valence-corrected chi connectivity index (χ1v) is 6.27. The minimum atomic E-state index is 0.673. The third-order valence-corrected chi connectivity index (χ3v) is 3.02. The maximum atomic E-state index is 5.55. The van der Waals surface area contributed by atoms with Crippen LogP contribution in [-0.4, -0.2) is 24.0 Å². The lowest BCUT2D eigenvalue weighted by Crippen LogP contribution is -2.22. The van der Waals surface area contributed by atoms with Crippen molar-refractivity contribution < 1.29 is 4.42 Å². The summed E-state index contributed by atoms with van der Waals surface area (Å²) in [4.78, 5) is 2.18. The van der Waals surface area contributed by atoms with Crippen LogP contribution in [0.25, 0.3) is 0 Å². The van der Waals surface area contributed by atoms with Gasteiger partial charge in [0.25, 0.3) is 0 Å². The maximum Gasteiger partial charge on any atom is 0.118 e. The molecule has 0 aliphatic heterocycles. The zero-order valence-corrected chi connectivity index (χ0v) is 10.4. The van der Waals surface area contributed by atoms with Crippen LogP contribution in [-0.2, 0) is 13.1 Å². The van der Waals surface area contributed by atoms with E-state index in [0.717, 1.165) is 31.4 Å². The van der Waals surface area contributed by atoms with Gasteiger partial charge in [0.2, 0.25) is 0 Å². The first-order valence-electron chi connectivity index (χ1n) is 6.27. The Hall–Kier alpha value is -1.24. The smallest absolute Gasteiger partial charge is 0.118 e. The van der Waals surface area contributed by atoms with Crippen LogP contribution in [0, 0.1) is 12.3 Å². The fraction of sp³-hybridized carbons (Fsp3) is 0.571. The predicted molar refractivity (Wildman–Crippen MR) is 68.4 cm³/mol. The van der Waals surface area contributed by atoms with Crippen molar-refractivity contribution in [2.75, 3.05) is 13.1 Å². The van der Waals surface area contributed by atoms with E-state index in [9.17, 15) is 0 Å². The fourth-order valence-corrected chi connectivity index (χ4v) is 1.78. The molecule has 3 nitrogen and oxygen atoms in total. The van der Waals surface area contributed by atoms with E-state index >= 15 is 0 Å². The first kappa shape index (κ1) is 12.2. The summed E-state index contributed by atoms with van der Waals surface area (Å²) in [6.07, 6.45) is 9.79. The van der Waals surface area contributed by atoms with Crippen molar-refractivity contribution in [1.29, 1.82) is 0 Å². The number of furan rings is 1. The van der Waals surface area contributed by atoms with Crippen LogP contribution in [0.15, 0.2) is 16.7 Å². The minimum absolute atomic E-state index is 0.673. The molecule has 0 radical (unpaired) electrons. The van der Waals surface area contributed by atoms with Crippen LogP contribution < -0.4 is 5.32 Å². The van der Waals surface area contributed by atoms with Crippen molar-refractivity contribution in [2.45, 2.75) is 38.9 Å². The minimum Gasteiger partial charge on any atom is -0.468 e. The van der Waals surface area contributed by atoms with Crippen LogP contribution in [0.2, 0.25) is 0 Å². The van der Waals surface area contributed by atoms with Crippen molar-refractivity contribution in [3.8, 4) is 12.3 Å². The first-order chi connectivity index (χ1) is 8.31. The van der Waals surface area contributed by atoms with Gasteiger partial charge in [-0.25, -0.2) is 0 Å². The van der Waals surface area contributed by atoms with E-state index in [1.54, 1.807) is 0 Å². The lowest BCUT2D eigenvalue weighted by atomic mass is 10.3. The van der Waals surface area contributed by atoms with E-state index in [-0.39, 0.29) is 0 Å². The van der Waals surface area contributed by atoms with E-state index < -0.39 is 0 Å². The van der Waals surface area contributed by atoms with Gasteiger partial charge < -0.3 is 9.73 Å². The van der Waals surface area contributed by atoms with Crippen LogP contribution in [0.1, 0.15) is 31.1 Å². The second-order valence-electron chi connectivity index (χ2n) is 4.58. The van der Waals surface area contributed by atoms with E-state index in [2.05, 4.69) is 29.1 Å². The van der Waals surface area contributed by atoms with Gasteiger partial charge in [-0.05, 0) is 25.5 Å². The molecule has 1 fully saturated rings. The number of terminal acetylenes is 1. The number of hydrogen-bond acceptors (Lipinski definition) is 3. The summed E-state index contributed by atoms with van der Waals surface area (Å²) in [7, 11) is 0. The maximum absolute atomic E-state index is 5.55. The molecule has 1 aliphatic rings. The summed E-state index contributed by atoms with van der Waals surface area (Å²) in [5.74, 6) is 3.66. The van der Waals surface area contributed by atoms with Crippen LogP contribution in [0.4, 0.5) is 0 Å². The van der Waals surface area contributed by atoms with Crippen molar-refractivity contribution in [3.05, 3.63) is 23.7 Å². The summed E-state index contributed by atoms with van der Waals surface area (Å²) < 4.78 is 5.55. The molecule has 1 heterocycles. The second kappa shape index (κ2) is 5.90. The highest BCUT2D eigenvalue weighted by Crippen LogP contribution is 2.19. The van der Waals surface area contributed by atoms with E-state index in [1.807, 2.05) is 6.26 Å². The third-order valence-electron chi connectivity index (χ3n) is 3.02. The SMILES string of the molecule is C#CCN(CC)Cc1cc(CNC2CC2)co1. The molecule has 0 saturated heterocycles. The Kier molecular flexibility index (Phi) is 4.24. The van der Waals surface area contributed by atoms with Crippen molar-refractivity contribution in [2.24, 2.45) is 0 Å². The number of nitrogens with zero attached hydrogens (tertiary/aromatic N) is 1. The Labute approximate surface area is 103 Å². The van der Waals surface area contributed by atoms with Crippen LogP contribution in [0.3, 0.4) is 0 Å². The average Bonchev–Trinajstić information content (AvgIpc) is 3.06. The van der Waals surface area contributed by atoms with E-state index in [1.165, 1.54) is 18.4 Å². The van der Waals surface area contributed by atoms with Gasteiger partial charge in [0, 0.05) is 18.2 Å². The van der Waals surface area contributed by atoms with Crippen LogP contribution in [0.5, 0.6) is 0 Å². The van der Waals surface area contributed by atoms with E-state index in [0.29, 0.717) is 6.54 Å². The molecule has 0 bridgehead atoms. The Morgan fingerprint density at radius 2 is 2.41 bits per heavy atom. The molecular formula is C14H20N2O. The Balaban J connectivity index is 1.81. The number of rotatable bonds is 7. The summed E-state index contributed by atoms with van der Waals surface area (Å²) >= 11 is 0. The zero-order chi connectivity index (χ0) is 12.1. The lowest BCUT2D eigenvalue weighted by Gasteiger charge is -2.14. The Bertz CT molecular complexity index is 387. The monoisotopic (exact) mass is 232 g/mol. The van der Waals surface area contributed by atoms with Crippen molar-refractivity contribution in [3.63, 3.8) is 0 Å². The van der Waals surface area contributed by atoms with Gasteiger partial charge in [-0.15, -0.1) is 6.42 Å². The highest BCUT2D eigenvalue weighted by molar-refractivity contribution is 5.13. The molecule has 17 heavy (non-hydrogen) atoms. The molecule has 0 amide bonds. The molecule has 0 atom stereocenters. The normalized spacial score (nSPS) is 15.1. The summed E-state index contributed by atoms with van der Waals surface area (Å²) in [5, 5.41) is 3.47. The molecule has 1 N–H and O–H groups in total. The molecule has 0 spiro atoms. The van der Waals surface area contributed by atoms with Gasteiger partial charge in [-0.2, -0.15) is 0 Å². The molecule has 0 unspecified atom stereocenters. The summed E-state index contributed by atoms with van der Waals surface area (Å²) in [6, 6.07) is 2.86. The fourth-order valence-electron chi connectivity index (χ4n) is 1.78. The molecule has 1 aromatic rings. The molecule has 0 aromatic carbocycles. The van der Waals surface area contributed by atoms with Crippen molar-refractivity contribution in [1.82, 2.24) is 10.2 Å². The predicted octanol–water partition coefficient (Wildman–Crippen LogP) is 1.99. The van der Waals surface area contributed by atoms with Crippen LogP contribution >= 0.6 is 0 Å². The van der Waals surface area contributed by atoms with Gasteiger partial charge >= 0.3 is 0 Å². The molecule has 2 rings (SSSR count). The molecule has 1 aromatic heterocycles.